The van der Waals surface area contributed by atoms with Crippen LogP contribution in [0.3, 0.4) is 0 Å². The largest absolute Gasteiger partial charge is 0.476 e. The third-order valence-corrected chi connectivity index (χ3v) is 6.66. The van der Waals surface area contributed by atoms with Crippen LogP contribution in [0.25, 0.3) is 22.3 Å². The molecule has 0 amide bonds. The van der Waals surface area contributed by atoms with Crippen molar-refractivity contribution >= 4 is 34.3 Å². The van der Waals surface area contributed by atoms with E-state index in [2.05, 4.69) is 37.1 Å². The third-order valence-electron chi connectivity index (χ3n) is 6.66. The van der Waals surface area contributed by atoms with Crippen molar-refractivity contribution in [2.45, 2.75) is 31.7 Å². The van der Waals surface area contributed by atoms with Crippen LogP contribution in [-0.4, -0.2) is 66.4 Å². The Bertz CT molecular complexity index is 1450. The van der Waals surface area contributed by atoms with E-state index < -0.39 is 5.97 Å². The number of nitrogens with one attached hydrogen (secondary N) is 1. The number of hydrogen-bond donors (Lipinski definition) is 2. The van der Waals surface area contributed by atoms with Crippen LogP contribution in [0.5, 0.6) is 0 Å². The number of nitrogens with zero attached hydrogens (tertiary/aromatic N) is 7. The average Bonchev–Trinajstić information content (AvgIpc) is 3.67. The Morgan fingerprint density at radius 1 is 1.17 bits per heavy atom. The molecule has 1 aliphatic heterocycles. The lowest BCUT2D eigenvalue weighted by molar-refractivity contribution is 0.0691. The predicted molar refractivity (Wildman–Crippen MR) is 134 cm³/mol. The zero-order chi connectivity index (χ0) is 24.8. The van der Waals surface area contributed by atoms with E-state index in [0.29, 0.717) is 30.2 Å². The van der Waals surface area contributed by atoms with Gasteiger partial charge in [0.15, 0.2) is 11.5 Å². The Balaban J connectivity index is 1.38. The van der Waals surface area contributed by atoms with Gasteiger partial charge in [-0.05, 0) is 31.9 Å². The highest BCUT2D eigenvalue weighted by Crippen LogP contribution is 2.44. The van der Waals surface area contributed by atoms with Gasteiger partial charge in [0, 0.05) is 31.3 Å². The summed E-state index contributed by atoms with van der Waals surface area (Å²) in [5, 5.41) is 13.2. The van der Waals surface area contributed by atoms with Gasteiger partial charge in [-0.3, -0.25) is 4.98 Å². The SMILES string of the molecule is CC1COCCN1c1ccc(Nc2nc(C3CC3)c(-c3cncc4c3ncn4C)nc2C(=O)O)cn1. The standard InChI is InChI=1S/C25H26N8O3/c1-14-12-36-8-7-33(14)19-6-5-16(9-27-19)29-24-23(25(34)35)30-22(20(31-24)15-3-4-15)17-10-26-11-18-21(17)28-13-32(18)2/h5-6,9-11,13-15H,3-4,7-8,12H2,1-2H3,(H,29,31)(H,34,35). The number of imidazole rings is 1. The molecular formula is C25H26N8O3. The molecule has 1 aliphatic carbocycles. The summed E-state index contributed by atoms with van der Waals surface area (Å²) in [7, 11) is 1.89. The molecule has 5 heterocycles. The molecule has 1 saturated heterocycles. The number of carbonyl (C=O) groups is 1. The van der Waals surface area contributed by atoms with Crippen molar-refractivity contribution in [3.05, 3.63) is 48.4 Å². The van der Waals surface area contributed by atoms with Crippen LogP contribution < -0.4 is 10.2 Å². The first-order valence-electron chi connectivity index (χ1n) is 12.0. The number of ether oxygens (including phenoxy) is 1. The number of aryl methyl sites for hydroxylation is 1. The highest BCUT2D eigenvalue weighted by Gasteiger charge is 2.32. The fraction of sp³-hybridized carbons (Fsp3) is 0.360. The molecule has 2 aliphatic rings. The first kappa shape index (κ1) is 22.4. The molecule has 4 aromatic rings. The van der Waals surface area contributed by atoms with Gasteiger partial charge < -0.3 is 24.6 Å². The summed E-state index contributed by atoms with van der Waals surface area (Å²) in [5.74, 6) is 0.106. The fourth-order valence-corrected chi connectivity index (χ4v) is 4.57. The molecule has 0 bridgehead atoms. The lowest BCUT2D eigenvalue weighted by Gasteiger charge is -2.34. The number of aromatic nitrogens is 6. The molecule has 0 aromatic carbocycles. The van der Waals surface area contributed by atoms with E-state index in [4.69, 9.17) is 9.72 Å². The van der Waals surface area contributed by atoms with E-state index >= 15 is 0 Å². The molecule has 11 heteroatoms. The van der Waals surface area contributed by atoms with E-state index in [9.17, 15) is 9.90 Å². The number of pyridine rings is 2. The van der Waals surface area contributed by atoms with Crippen LogP contribution in [-0.2, 0) is 11.8 Å². The molecule has 36 heavy (non-hydrogen) atoms. The molecule has 1 saturated carbocycles. The van der Waals surface area contributed by atoms with Crippen molar-refractivity contribution in [1.82, 2.24) is 29.5 Å². The summed E-state index contributed by atoms with van der Waals surface area (Å²) in [6.45, 7) is 4.21. The van der Waals surface area contributed by atoms with E-state index in [1.165, 1.54) is 0 Å². The van der Waals surface area contributed by atoms with Crippen molar-refractivity contribution in [3.63, 3.8) is 0 Å². The summed E-state index contributed by atoms with van der Waals surface area (Å²) in [5.41, 5.74) is 4.00. The molecule has 11 nitrogen and oxygen atoms in total. The molecule has 0 radical (unpaired) electrons. The minimum absolute atomic E-state index is 0.159. The topological polar surface area (TPSA) is 131 Å². The number of carboxylic acid groups (broad SMARTS) is 1. The van der Waals surface area contributed by atoms with Gasteiger partial charge in [-0.1, -0.05) is 0 Å². The second kappa shape index (κ2) is 8.83. The van der Waals surface area contributed by atoms with E-state index in [0.717, 1.165) is 41.9 Å². The number of morpholine rings is 1. The molecule has 4 aromatic heterocycles. The lowest BCUT2D eigenvalue weighted by atomic mass is 10.1. The quantitative estimate of drug-likeness (QED) is 0.418. The summed E-state index contributed by atoms with van der Waals surface area (Å²) < 4.78 is 7.39. The highest BCUT2D eigenvalue weighted by atomic mass is 16.5. The number of aromatic carboxylic acids is 1. The van der Waals surface area contributed by atoms with Gasteiger partial charge in [0.1, 0.15) is 11.3 Å². The Labute approximate surface area is 207 Å². The number of carboxylic acids is 1. The summed E-state index contributed by atoms with van der Waals surface area (Å²) >= 11 is 0. The van der Waals surface area contributed by atoms with Crippen LogP contribution in [0.15, 0.2) is 37.1 Å². The zero-order valence-corrected chi connectivity index (χ0v) is 20.0. The van der Waals surface area contributed by atoms with Crippen LogP contribution in [0.1, 0.15) is 41.9 Å². The summed E-state index contributed by atoms with van der Waals surface area (Å²) in [6, 6.07) is 4.03. The van der Waals surface area contributed by atoms with Gasteiger partial charge >= 0.3 is 5.97 Å². The molecule has 184 valence electrons. The Hall–Kier alpha value is -4.12. The first-order chi connectivity index (χ1) is 17.5. The Kier molecular flexibility index (Phi) is 5.48. The zero-order valence-electron chi connectivity index (χ0n) is 20.0. The molecule has 0 spiro atoms. The van der Waals surface area contributed by atoms with Crippen LogP contribution in [0.4, 0.5) is 17.3 Å². The molecule has 2 fully saturated rings. The normalized spacial score (nSPS) is 17.9. The van der Waals surface area contributed by atoms with Crippen LogP contribution >= 0.6 is 0 Å². The lowest BCUT2D eigenvalue weighted by Crippen LogP contribution is -2.44. The molecule has 1 unspecified atom stereocenters. The van der Waals surface area contributed by atoms with Gasteiger partial charge in [0.2, 0.25) is 0 Å². The second-order valence-electron chi connectivity index (χ2n) is 9.29. The van der Waals surface area contributed by atoms with Gasteiger partial charge in [0.05, 0.1) is 60.6 Å². The number of rotatable bonds is 6. The smallest absolute Gasteiger partial charge is 0.358 e. The Morgan fingerprint density at radius 3 is 2.75 bits per heavy atom. The van der Waals surface area contributed by atoms with Gasteiger partial charge in [-0.2, -0.15) is 0 Å². The third kappa shape index (κ3) is 4.01. The minimum Gasteiger partial charge on any atom is -0.476 e. The monoisotopic (exact) mass is 486 g/mol. The number of hydrogen-bond acceptors (Lipinski definition) is 9. The van der Waals surface area contributed by atoms with Crippen molar-refractivity contribution in [3.8, 4) is 11.3 Å². The molecule has 2 N–H and O–H groups in total. The Morgan fingerprint density at radius 2 is 2.03 bits per heavy atom. The maximum Gasteiger partial charge on any atom is 0.358 e. The van der Waals surface area contributed by atoms with E-state index in [1.807, 2.05) is 23.7 Å². The number of fused-ring (bicyclic) bond motifs is 1. The second-order valence-corrected chi connectivity index (χ2v) is 9.29. The van der Waals surface area contributed by atoms with Crippen molar-refractivity contribution in [2.75, 3.05) is 30.0 Å². The molecule has 1 atom stereocenters. The fourth-order valence-electron chi connectivity index (χ4n) is 4.57. The number of anilines is 3. The van der Waals surface area contributed by atoms with Crippen molar-refractivity contribution < 1.29 is 14.6 Å². The van der Waals surface area contributed by atoms with Gasteiger partial charge in [-0.15, -0.1) is 0 Å². The van der Waals surface area contributed by atoms with Crippen molar-refractivity contribution in [2.24, 2.45) is 7.05 Å². The average molecular weight is 487 g/mol. The van der Waals surface area contributed by atoms with Gasteiger partial charge in [0.25, 0.3) is 0 Å². The summed E-state index contributed by atoms with van der Waals surface area (Å²) in [6.07, 6.45) is 8.77. The first-order valence-corrected chi connectivity index (χ1v) is 12.0. The molecule has 6 rings (SSSR count). The highest BCUT2D eigenvalue weighted by molar-refractivity contribution is 5.95. The summed E-state index contributed by atoms with van der Waals surface area (Å²) in [4.78, 5) is 37.3. The minimum atomic E-state index is -1.17. The maximum absolute atomic E-state index is 12.2. The maximum atomic E-state index is 12.2. The van der Waals surface area contributed by atoms with E-state index in [-0.39, 0.29) is 23.5 Å². The van der Waals surface area contributed by atoms with E-state index in [1.54, 1.807) is 24.9 Å². The van der Waals surface area contributed by atoms with Crippen molar-refractivity contribution in [1.29, 1.82) is 0 Å². The molecular weight excluding hydrogens is 460 g/mol. The van der Waals surface area contributed by atoms with Crippen LogP contribution in [0.2, 0.25) is 0 Å². The van der Waals surface area contributed by atoms with Gasteiger partial charge in [-0.25, -0.2) is 24.7 Å². The van der Waals surface area contributed by atoms with Crippen LogP contribution in [0, 0.1) is 0 Å². The predicted octanol–water partition coefficient (Wildman–Crippen LogP) is 3.36.